The van der Waals surface area contributed by atoms with Crippen LogP contribution in [0.4, 0.5) is 0 Å². The molecule has 2 unspecified atom stereocenters. The van der Waals surface area contributed by atoms with Crippen LogP contribution in [-0.2, 0) is 4.79 Å². The van der Waals surface area contributed by atoms with Crippen LogP contribution in [-0.4, -0.2) is 61.6 Å². The van der Waals surface area contributed by atoms with Gasteiger partial charge < -0.3 is 19.5 Å². The monoisotopic (exact) mass is 340 g/mol. The highest BCUT2D eigenvalue weighted by molar-refractivity contribution is 7.99. The van der Waals surface area contributed by atoms with Gasteiger partial charge in [-0.15, -0.1) is 11.8 Å². The average molecular weight is 340 g/mol. The fraction of sp³-hybridized carbons (Fsp3) is 0.562. The van der Waals surface area contributed by atoms with E-state index in [1.807, 2.05) is 39.2 Å². The first-order chi connectivity index (χ1) is 11.0. The van der Waals surface area contributed by atoms with E-state index in [1.54, 1.807) is 11.8 Å². The zero-order valence-electron chi connectivity index (χ0n) is 13.7. The summed E-state index contributed by atoms with van der Waals surface area (Å²) in [5.41, 5.74) is 1.00. The molecule has 128 valence electrons. The van der Waals surface area contributed by atoms with Crippen molar-refractivity contribution in [2.24, 2.45) is 0 Å². The largest absolute Gasteiger partial charge is 0.490 e. The summed E-state index contributed by atoms with van der Waals surface area (Å²) in [5.74, 6) is 1.17. The van der Waals surface area contributed by atoms with E-state index >= 15 is 0 Å². The molecule has 1 aromatic carbocycles. The van der Waals surface area contributed by atoms with E-state index in [9.17, 15) is 4.79 Å². The number of ether oxygens (including phenoxy) is 2. The number of carboxylic acid groups (broad SMARTS) is 1. The molecule has 2 N–H and O–H groups in total. The van der Waals surface area contributed by atoms with E-state index in [0.717, 1.165) is 17.9 Å². The molecule has 0 saturated carbocycles. The Bertz CT molecular complexity index is 539. The number of nitrogens with zero attached hydrogens (tertiary/aromatic N) is 1. The molecule has 23 heavy (non-hydrogen) atoms. The van der Waals surface area contributed by atoms with Gasteiger partial charge in [-0.2, -0.15) is 0 Å². The molecule has 0 amide bonds. The van der Waals surface area contributed by atoms with Crippen LogP contribution in [0.25, 0.3) is 0 Å². The van der Waals surface area contributed by atoms with Gasteiger partial charge in [-0.05, 0) is 38.7 Å². The van der Waals surface area contributed by atoms with Crippen LogP contribution in [0.1, 0.15) is 17.9 Å². The van der Waals surface area contributed by atoms with Crippen molar-refractivity contribution in [1.29, 1.82) is 0 Å². The number of aliphatic carboxylic acids is 1. The van der Waals surface area contributed by atoms with Crippen molar-refractivity contribution in [3.63, 3.8) is 0 Å². The van der Waals surface area contributed by atoms with Crippen LogP contribution >= 0.6 is 11.8 Å². The van der Waals surface area contributed by atoms with Crippen LogP contribution in [0.2, 0.25) is 0 Å². The van der Waals surface area contributed by atoms with Gasteiger partial charge in [0, 0.05) is 12.3 Å². The Labute approximate surface area is 141 Å². The van der Waals surface area contributed by atoms with Gasteiger partial charge in [0.2, 0.25) is 0 Å². The van der Waals surface area contributed by atoms with E-state index in [2.05, 4.69) is 10.2 Å². The van der Waals surface area contributed by atoms with Gasteiger partial charge in [0.1, 0.15) is 12.6 Å². The summed E-state index contributed by atoms with van der Waals surface area (Å²) in [6.07, 6.45) is 0. The molecule has 2 atom stereocenters. The second-order valence-corrected chi connectivity index (χ2v) is 6.70. The zero-order chi connectivity index (χ0) is 16.8. The fourth-order valence-corrected chi connectivity index (χ4v) is 3.44. The molecule has 0 aliphatic carbocycles. The zero-order valence-corrected chi connectivity index (χ0v) is 14.6. The first-order valence-corrected chi connectivity index (χ1v) is 8.71. The summed E-state index contributed by atoms with van der Waals surface area (Å²) in [6.45, 7) is 3.90. The minimum atomic E-state index is -0.811. The second kappa shape index (κ2) is 8.42. The van der Waals surface area contributed by atoms with E-state index in [0.29, 0.717) is 24.7 Å². The SMILES string of the molecule is CCOc1cc(C2NC(C(=O)O)CS2)ccc1OCCN(C)C. The Kier molecular flexibility index (Phi) is 6.56. The third-order valence-electron chi connectivity index (χ3n) is 3.45. The van der Waals surface area contributed by atoms with E-state index in [-0.39, 0.29) is 5.37 Å². The van der Waals surface area contributed by atoms with E-state index < -0.39 is 12.0 Å². The Balaban J connectivity index is 2.07. The molecular weight excluding hydrogens is 316 g/mol. The summed E-state index contributed by atoms with van der Waals surface area (Å²) in [4.78, 5) is 13.1. The Morgan fingerprint density at radius 2 is 2.17 bits per heavy atom. The van der Waals surface area contributed by atoms with Gasteiger partial charge in [-0.1, -0.05) is 6.07 Å². The van der Waals surface area contributed by atoms with Crippen molar-refractivity contribution in [3.05, 3.63) is 23.8 Å². The molecule has 0 spiro atoms. The van der Waals surface area contributed by atoms with Crippen molar-refractivity contribution in [2.75, 3.05) is 39.6 Å². The molecule has 6 nitrogen and oxygen atoms in total. The van der Waals surface area contributed by atoms with E-state index in [1.165, 1.54) is 0 Å². The standard InChI is InChI=1S/C16H24N2O4S/c1-4-21-14-9-11(15-17-12(10-23-15)16(19)20)5-6-13(14)22-8-7-18(2)3/h5-6,9,12,15,17H,4,7-8,10H2,1-3H3,(H,19,20). The van der Waals surface area contributed by atoms with E-state index in [4.69, 9.17) is 14.6 Å². The van der Waals surface area contributed by atoms with Crippen LogP contribution in [0.3, 0.4) is 0 Å². The predicted molar refractivity (Wildman–Crippen MR) is 91.4 cm³/mol. The lowest BCUT2D eigenvalue weighted by Crippen LogP contribution is -2.33. The molecule has 1 fully saturated rings. The predicted octanol–water partition coefficient (Wildman–Crippen LogP) is 1.81. The lowest BCUT2D eigenvalue weighted by atomic mass is 10.2. The van der Waals surface area contributed by atoms with Crippen molar-refractivity contribution in [3.8, 4) is 11.5 Å². The molecule has 7 heteroatoms. The summed E-state index contributed by atoms with van der Waals surface area (Å²) in [6, 6.07) is 5.29. The maximum atomic E-state index is 11.1. The number of hydrogen-bond acceptors (Lipinski definition) is 6. The number of thioether (sulfide) groups is 1. The Morgan fingerprint density at radius 1 is 1.39 bits per heavy atom. The lowest BCUT2D eigenvalue weighted by molar-refractivity contribution is -0.138. The highest BCUT2D eigenvalue weighted by Crippen LogP contribution is 2.37. The van der Waals surface area contributed by atoms with Gasteiger partial charge in [0.05, 0.1) is 12.0 Å². The number of nitrogens with one attached hydrogen (secondary N) is 1. The molecule has 1 saturated heterocycles. The number of carboxylic acids is 1. The number of benzene rings is 1. The molecule has 2 rings (SSSR count). The number of hydrogen-bond donors (Lipinski definition) is 2. The topological polar surface area (TPSA) is 71.0 Å². The number of carbonyl (C=O) groups is 1. The van der Waals surface area contributed by atoms with Gasteiger partial charge in [-0.3, -0.25) is 10.1 Å². The van der Waals surface area contributed by atoms with Crippen molar-refractivity contribution in [2.45, 2.75) is 18.3 Å². The molecule has 0 radical (unpaired) electrons. The second-order valence-electron chi connectivity index (χ2n) is 5.56. The molecular formula is C16H24N2O4S. The first kappa shape index (κ1) is 17.9. The molecule has 1 heterocycles. The summed E-state index contributed by atoms with van der Waals surface area (Å²) < 4.78 is 11.5. The Morgan fingerprint density at radius 3 is 2.78 bits per heavy atom. The smallest absolute Gasteiger partial charge is 0.321 e. The van der Waals surface area contributed by atoms with Gasteiger partial charge in [0.25, 0.3) is 0 Å². The molecule has 1 aliphatic rings. The Hall–Kier alpha value is -1.44. The highest BCUT2D eigenvalue weighted by atomic mass is 32.2. The maximum Gasteiger partial charge on any atom is 0.321 e. The number of likely N-dealkylation sites (N-methyl/N-ethyl adjacent to an activating group) is 1. The number of rotatable bonds is 8. The van der Waals surface area contributed by atoms with Crippen molar-refractivity contribution >= 4 is 17.7 Å². The van der Waals surface area contributed by atoms with Crippen LogP contribution in [0.15, 0.2) is 18.2 Å². The summed E-state index contributed by atoms with van der Waals surface area (Å²) in [5, 5.41) is 12.2. The van der Waals surface area contributed by atoms with Crippen LogP contribution < -0.4 is 14.8 Å². The molecule has 1 aromatic rings. The van der Waals surface area contributed by atoms with Gasteiger partial charge in [-0.25, -0.2) is 0 Å². The van der Waals surface area contributed by atoms with Crippen LogP contribution in [0, 0.1) is 0 Å². The third kappa shape index (κ3) is 5.02. The minimum absolute atomic E-state index is 0.0360. The quantitative estimate of drug-likeness (QED) is 0.748. The molecule has 1 aliphatic heterocycles. The molecule has 0 bridgehead atoms. The maximum absolute atomic E-state index is 11.1. The van der Waals surface area contributed by atoms with Crippen molar-refractivity contribution in [1.82, 2.24) is 10.2 Å². The van der Waals surface area contributed by atoms with Crippen LogP contribution in [0.5, 0.6) is 11.5 Å². The lowest BCUT2D eigenvalue weighted by Gasteiger charge is -2.17. The fourth-order valence-electron chi connectivity index (χ4n) is 2.22. The normalized spacial score (nSPS) is 20.7. The average Bonchev–Trinajstić information content (AvgIpc) is 2.98. The highest BCUT2D eigenvalue weighted by Gasteiger charge is 2.30. The third-order valence-corrected chi connectivity index (χ3v) is 4.71. The first-order valence-electron chi connectivity index (χ1n) is 7.66. The van der Waals surface area contributed by atoms with Gasteiger partial charge in [0.15, 0.2) is 11.5 Å². The van der Waals surface area contributed by atoms with Crippen molar-refractivity contribution < 1.29 is 19.4 Å². The molecule has 0 aromatic heterocycles. The van der Waals surface area contributed by atoms with Gasteiger partial charge >= 0.3 is 5.97 Å². The summed E-state index contributed by atoms with van der Waals surface area (Å²) in [7, 11) is 4.00. The minimum Gasteiger partial charge on any atom is -0.490 e. The summed E-state index contributed by atoms with van der Waals surface area (Å²) >= 11 is 1.59.